The molecule has 14 heavy (non-hydrogen) atoms. The molecular weight excluding hydrogens is 188 g/mol. The van der Waals surface area contributed by atoms with Gasteiger partial charge in [-0.3, -0.25) is 0 Å². The number of nitrogens with two attached hydrogens (primary N) is 1. The number of rotatable bonds is 3. The zero-order valence-corrected chi connectivity index (χ0v) is 7.87. The third-order valence-electron chi connectivity index (χ3n) is 2.17. The van der Waals surface area contributed by atoms with Crippen molar-refractivity contribution in [2.24, 2.45) is 5.73 Å². The molecule has 0 aliphatic heterocycles. The summed E-state index contributed by atoms with van der Waals surface area (Å²) in [5, 5.41) is 9.55. The van der Waals surface area contributed by atoms with Crippen molar-refractivity contribution in [3.63, 3.8) is 0 Å². The standard InChI is InChI=1S/C10H13F2NO/c1-2-8(13)10(14)9-6(11)4-3-5-7(9)12/h3-5,8,10,14H,2,13H2,1H3. The summed E-state index contributed by atoms with van der Waals surface area (Å²) in [6, 6.07) is 2.80. The van der Waals surface area contributed by atoms with Gasteiger partial charge < -0.3 is 10.8 Å². The molecule has 0 bridgehead atoms. The largest absolute Gasteiger partial charge is 0.387 e. The minimum atomic E-state index is -1.29. The second kappa shape index (κ2) is 4.48. The summed E-state index contributed by atoms with van der Waals surface area (Å²) in [6.07, 6.45) is -0.837. The lowest BCUT2D eigenvalue weighted by Crippen LogP contribution is -2.28. The van der Waals surface area contributed by atoms with E-state index < -0.39 is 23.8 Å². The summed E-state index contributed by atoms with van der Waals surface area (Å²) in [6.45, 7) is 1.74. The van der Waals surface area contributed by atoms with E-state index in [-0.39, 0.29) is 5.56 Å². The number of halogens is 2. The van der Waals surface area contributed by atoms with Crippen LogP contribution in [0.3, 0.4) is 0 Å². The van der Waals surface area contributed by atoms with Crippen LogP contribution in [0.2, 0.25) is 0 Å². The fourth-order valence-electron chi connectivity index (χ4n) is 1.23. The van der Waals surface area contributed by atoms with Gasteiger partial charge in [0.2, 0.25) is 0 Å². The van der Waals surface area contributed by atoms with Gasteiger partial charge in [0, 0.05) is 6.04 Å². The molecule has 0 aromatic heterocycles. The van der Waals surface area contributed by atoms with Gasteiger partial charge in [-0.15, -0.1) is 0 Å². The zero-order chi connectivity index (χ0) is 10.7. The van der Waals surface area contributed by atoms with Gasteiger partial charge in [0.15, 0.2) is 0 Å². The predicted octanol–water partition coefficient (Wildman–Crippen LogP) is 1.74. The number of hydrogen-bond acceptors (Lipinski definition) is 2. The van der Waals surface area contributed by atoms with Crippen molar-refractivity contribution in [3.05, 3.63) is 35.4 Å². The van der Waals surface area contributed by atoms with Gasteiger partial charge in [0.25, 0.3) is 0 Å². The third-order valence-corrected chi connectivity index (χ3v) is 2.17. The summed E-state index contributed by atoms with van der Waals surface area (Å²) in [7, 11) is 0. The van der Waals surface area contributed by atoms with Crippen molar-refractivity contribution in [1.82, 2.24) is 0 Å². The van der Waals surface area contributed by atoms with Crippen LogP contribution in [0.5, 0.6) is 0 Å². The topological polar surface area (TPSA) is 46.2 Å². The molecule has 1 aromatic carbocycles. The highest BCUT2D eigenvalue weighted by Gasteiger charge is 2.22. The van der Waals surface area contributed by atoms with Gasteiger partial charge in [-0.1, -0.05) is 13.0 Å². The van der Waals surface area contributed by atoms with E-state index in [1.54, 1.807) is 6.92 Å². The second-order valence-electron chi connectivity index (χ2n) is 3.15. The Labute approximate surface area is 81.4 Å². The molecule has 4 heteroatoms. The Morgan fingerprint density at radius 1 is 1.36 bits per heavy atom. The first kappa shape index (κ1) is 11.1. The second-order valence-corrected chi connectivity index (χ2v) is 3.15. The summed E-state index contributed by atoms with van der Waals surface area (Å²) < 4.78 is 26.3. The summed E-state index contributed by atoms with van der Waals surface area (Å²) >= 11 is 0. The Morgan fingerprint density at radius 3 is 2.29 bits per heavy atom. The number of benzene rings is 1. The minimum absolute atomic E-state index is 0.346. The van der Waals surface area contributed by atoms with E-state index in [2.05, 4.69) is 0 Å². The number of hydrogen-bond donors (Lipinski definition) is 2. The van der Waals surface area contributed by atoms with E-state index in [9.17, 15) is 13.9 Å². The van der Waals surface area contributed by atoms with Crippen molar-refractivity contribution >= 4 is 0 Å². The molecule has 0 radical (unpaired) electrons. The first-order chi connectivity index (χ1) is 6.57. The first-order valence-corrected chi connectivity index (χ1v) is 4.45. The molecular formula is C10H13F2NO. The lowest BCUT2D eigenvalue weighted by Gasteiger charge is -2.18. The van der Waals surface area contributed by atoms with Crippen LogP contribution >= 0.6 is 0 Å². The average molecular weight is 201 g/mol. The molecule has 1 rings (SSSR count). The van der Waals surface area contributed by atoms with Gasteiger partial charge in [-0.05, 0) is 18.6 Å². The Morgan fingerprint density at radius 2 is 1.86 bits per heavy atom. The molecule has 0 aliphatic carbocycles. The molecule has 1 aromatic rings. The van der Waals surface area contributed by atoms with Crippen LogP contribution in [0.1, 0.15) is 25.0 Å². The van der Waals surface area contributed by atoms with Crippen LogP contribution in [-0.4, -0.2) is 11.1 Å². The quantitative estimate of drug-likeness (QED) is 0.782. The molecule has 2 nitrogen and oxygen atoms in total. The monoisotopic (exact) mass is 201 g/mol. The van der Waals surface area contributed by atoms with E-state index in [1.165, 1.54) is 6.07 Å². The molecule has 0 saturated heterocycles. The van der Waals surface area contributed by atoms with Gasteiger partial charge in [-0.25, -0.2) is 8.78 Å². The van der Waals surface area contributed by atoms with Gasteiger partial charge in [0.05, 0.1) is 11.7 Å². The van der Waals surface area contributed by atoms with Crippen LogP contribution in [0.15, 0.2) is 18.2 Å². The van der Waals surface area contributed by atoms with Crippen molar-refractivity contribution in [3.8, 4) is 0 Å². The maximum Gasteiger partial charge on any atom is 0.132 e. The van der Waals surface area contributed by atoms with Crippen molar-refractivity contribution in [2.75, 3.05) is 0 Å². The molecule has 0 heterocycles. The van der Waals surface area contributed by atoms with Crippen LogP contribution < -0.4 is 5.73 Å². The minimum Gasteiger partial charge on any atom is -0.387 e. The maximum absolute atomic E-state index is 13.1. The van der Waals surface area contributed by atoms with Gasteiger partial charge >= 0.3 is 0 Å². The average Bonchev–Trinajstić information content (AvgIpc) is 2.16. The van der Waals surface area contributed by atoms with Crippen LogP contribution in [0.25, 0.3) is 0 Å². The van der Waals surface area contributed by atoms with E-state index in [4.69, 9.17) is 5.73 Å². The summed E-state index contributed by atoms with van der Waals surface area (Å²) in [5.41, 5.74) is 5.16. The molecule has 0 fully saturated rings. The Kier molecular flexibility index (Phi) is 3.55. The van der Waals surface area contributed by atoms with E-state index >= 15 is 0 Å². The molecule has 0 spiro atoms. The molecule has 2 unspecified atom stereocenters. The fraction of sp³-hybridized carbons (Fsp3) is 0.400. The first-order valence-electron chi connectivity index (χ1n) is 4.45. The molecule has 0 saturated carbocycles. The molecule has 78 valence electrons. The smallest absolute Gasteiger partial charge is 0.132 e. The molecule has 0 aliphatic rings. The normalized spacial score (nSPS) is 15.2. The van der Waals surface area contributed by atoms with Crippen LogP contribution in [-0.2, 0) is 0 Å². The number of aliphatic hydroxyl groups excluding tert-OH is 1. The van der Waals surface area contributed by atoms with Crippen molar-refractivity contribution in [2.45, 2.75) is 25.5 Å². The van der Waals surface area contributed by atoms with E-state index in [0.717, 1.165) is 12.1 Å². The SMILES string of the molecule is CCC(N)C(O)c1c(F)cccc1F. The highest BCUT2D eigenvalue weighted by molar-refractivity contribution is 5.23. The molecule has 0 amide bonds. The number of aliphatic hydroxyl groups is 1. The Balaban J connectivity index is 3.05. The highest BCUT2D eigenvalue weighted by Crippen LogP contribution is 2.23. The van der Waals surface area contributed by atoms with Gasteiger partial charge in [-0.2, -0.15) is 0 Å². The molecule has 2 atom stereocenters. The Bertz CT molecular complexity index is 297. The molecule has 3 N–H and O–H groups in total. The lowest BCUT2D eigenvalue weighted by molar-refractivity contribution is 0.135. The fourth-order valence-corrected chi connectivity index (χ4v) is 1.23. The van der Waals surface area contributed by atoms with E-state index in [1.807, 2.05) is 0 Å². The van der Waals surface area contributed by atoms with Crippen molar-refractivity contribution < 1.29 is 13.9 Å². The maximum atomic E-state index is 13.1. The highest BCUT2D eigenvalue weighted by atomic mass is 19.1. The zero-order valence-electron chi connectivity index (χ0n) is 7.87. The van der Waals surface area contributed by atoms with Crippen LogP contribution in [0, 0.1) is 11.6 Å². The predicted molar refractivity (Wildman–Crippen MR) is 49.6 cm³/mol. The van der Waals surface area contributed by atoms with Crippen molar-refractivity contribution in [1.29, 1.82) is 0 Å². The van der Waals surface area contributed by atoms with E-state index in [0.29, 0.717) is 6.42 Å². The van der Waals surface area contributed by atoms with Crippen LogP contribution in [0.4, 0.5) is 8.78 Å². The summed E-state index contributed by atoms with van der Waals surface area (Å²) in [5.74, 6) is -1.53. The lowest BCUT2D eigenvalue weighted by atomic mass is 10.00. The Hall–Kier alpha value is -1.00. The van der Waals surface area contributed by atoms with Gasteiger partial charge in [0.1, 0.15) is 11.6 Å². The third kappa shape index (κ3) is 2.08. The summed E-state index contributed by atoms with van der Waals surface area (Å²) in [4.78, 5) is 0.